The van der Waals surface area contributed by atoms with Crippen LogP contribution in [0.2, 0.25) is 0 Å². The van der Waals surface area contributed by atoms with Gasteiger partial charge in [-0.05, 0) is 18.8 Å². The lowest BCUT2D eigenvalue weighted by Crippen LogP contribution is -2.24. The zero-order valence-electron chi connectivity index (χ0n) is 12.7. The van der Waals surface area contributed by atoms with Crippen molar-refractivity contribution >= 4 is 23.4 Å². The number of aromatic nitrogens is 4. The number of hydrogen-bond donors (Lipinski definition) is 3. The lowest BCUT2D eigenvalue weighted by molar-refractivity contribution is -0.112. The number of H-pyrrole nitrogens is 1. The van der Waals surface area contributed by atoms with Gasteiger partial charge in [-0.1, -0.05) is 13.0 Å². The minimum atomic E-state index is -0.402. The molecule has 3 rings (SSSR count). The number of nitrogens with two attached hydrogens (primary N) is 1. The van der Waals surface area contributed by atoms with Gasteiger partial charge in [-0.3, -0.25) is 9.78 Å². The van der Waals surface area contributed by atoms with E-state index in [1.54, 1.807) is 6.20 Å². The summed E-state index contributed by atoms with van der Waals surface area (Å²) >= 11 is 0. The van der Waals surface area contributed by atoms with E-state index in [0.717, 1.165) is 24.8 Å². The number of carbonyl (C=O) groups is 1. The molecule has 0 saturated heterocycles. The fourth-order valence-corrected chi connectivity index (χ4v) is 2.69. The number of fused-ring (bicyclic) bond motifs is 1. The molecule has 0 radical (unpaired) electrons. The largest absolute Gasteiger partial charge is 0.383 e. The van der Waals surface area contributed by atoms with Crippen LogP contribution >= 0.6 is 0 Å². The number of carbonyl (C=O) groups excluding carboxylic acids is 1. The van der Waals surface area contributed by atoms with Crippen molar-refractivity contribution in [3.63, 3.8) is 0 Å². The Morgan fingerprint density at radius 1 is 1.48 bits per heavy atom. The van der Waals surface area contributed by atoms with E-state index < -0.39 is 5.56 Å². The van der Waals surface area contributed by atoms with Crippen LogP contribution in [0.3, 0.4) is 0 Å². The normalized spacial score (nSPS) is 21.0. The van der Waals surface area contributed by atoms with Crippen LogP contribution in [0.4, 0.5) is 5.95 Å². The molecular formula is C15H18N6O2. The van der Waals surface area contributed by atoms with E-state index in [1.807, 2.05) is 6.08 Å². The Balaban J connectivity index is 1.74. The molecule has 23 heavy (non-hydrogen) atoms. The third-order valence-electron chi connectivity index (χ3n) is 4.07. The van der Waals surface area contributed by atoms with Crippen LogP contribution in [0.25, 0.3) is 11.2 Å². The first-order valence-corrected chi connectivity index (χ1v) is 7.46. The van der Waals surface area contributed by atoms with Crippen molar-refractivity contribution in [1.82, 2.24) is 25.3 Å². The molecule has 1 aliphatic rings. The average Bonchev–Trinajstić information content (AvgIpc) is 2.53. The second kappa shape index (κ2) is 6.15. The molecular weight excluding hydrogens is 296 g/mol. The number of nitrogens with zero attached hydrogens (tertiary/aromatic N) is 3. The predicted molar refractivity (Wildman–Crippen MR) is 85.2 cm³/mol. The lowest BCUT2D eigenvalue weighted by atomic mass is 9.84. The Bertz CT molecular complexity index is 828. The Morgan fingerprint density at radius 3 is 3.04 bits per heavy atom. The number of rotatable bonds is 4. The molecule has 0 aliphatic heterocycles. The monoisotopic (exact) mass is 314 g/mol. The molecule has 2 heterocycles. The lowest BCUT2D eigenvalue weighted by Gasteiger charge is -2.25. The van der Waals surface area contributed by atoms with Crippen molar-refractivity contribution in [2.75, 3.05) is 5.73 Å². The maximum atomic E-state index is 11.8. The van der Waals surface area contributed by atoms with E-state index in [0.29, 0.717) is 18.2 Å². The molecule has 2 atom stereocenters. The summed E-state index contributed by atoms with van der Waals surface area (Å²) in [7, 11) is 0. The Hall–Kier alpha value is -2.77. The van der Waals surface area contributed by atoms with Gasteiger partial charge in [0, 0.05) is 11.6 Å². The predicted octanol–water partition coefficient (Wildman–Crippen LogP) is 0.514. The van der Waals surface area contributed by atoms with Gasteiger partial charge in [-0.25, -0.2) is 9.97 Å². The first kappa shape index (κ1) is 15.1. The van der Waals surface area contributed by atoms with Gasteiger partial charge >= 0.3 is 0 Å². The molecule has 0 spiro atoms. The highest BCUT2D eigenvalue weighted by molar-refractivity contribution is 5.69. The minimum absolute atomic E-state index is 0.0220. The molecule has 8 heteroatoms. The molecule has 0 bridgehead atoms. The number of hydrogen-bond acceptors (Lipinski definition) is 7. The van der Waals surface area contributed by atoms with Gasteiger partial charge in [0.15, 0.2) is 11.2 Å². The SMILES string of the molecule is CC1CC(NCc2cnc3nc(N)[nH]c(=O)c3n2)=CCC1C=O. The molecule has 1 aliphatic carbocycles. The molecule has 0 aromatic carbocycles. The summed E-state index contributed by atoms with van der Waals surface area (Å²) < 4.78 is 0. The zero-order valence-corrected chi connectivity index (χ0v) is 12.7. The molecule has 2 aromatic heterocycles. The molecule has 2 unspecified atom stereocenters. The van der Waals surface area contributed by atoms with Gasteiger partial charge in [-0.15, -0.1) is 0 Å². The number of allylic oxidation sites excluding steroid dienone is 2. The summed E-state index contributed by atoms with van der Waals surface area (Å²) in [6, 6.07) is 0. The highest BCUT2D eigenvalue weighted by Gasteiger charge is 2.21. The fraction of sp³-hybridized carbons (Fsp3) is 0.400. The first-order chi connectivity index (χ1) is 11.1. The second-order valence-corrected chi connectivity index (χ2v) is 5.78. The smallest absolute Gasteiger partial charge is 0.280 e. The highest BCUT2D eigenvalue weighted by atomic mass is 16.1. The maximum Gasteiger partial charge on any atom is 0.280 e. The van der Waals surface area contributed by atoms with Gasteiger partial charge in [0.25, 0.3) is 5.56 Å². The number of aldehydes is 1. The number of aromatic amines is 1. The third-order valence-corrected chi connectivity index (χ3v) is 4.07. The molecule has 2 aromatic rings. The molecule has 0 fully saturated rings. The summed E-state index contributed by atoms with van der Waals surface area (Å²) in [5, 5.41) is 3.29. The second-order valence-electron chi connectivity index (χ2n) is 5.78. The third kappa shape index (κ3) is 3.20. The van der Waals surface area contributed by atoms with Crippen LogP contribution in [-0.2, 0) is 11.3 Å². The van der Waals surface area contributed by atoms with E-state index >= 15 is 0 Å². The van der Waals surface area contributed by atoms with E-state index in [-0.39, 0.29) is 23.0 Å². The molecule has 0 amide bonds. The number of nitrogens with one attached hydrogen (secondary N) is 2. The Morgan fingerprint density at radius 2 is 2.30 bits per heavy atom. The van der Waals surface area contributed by atoms with Crippen LogP contribution in [0.15, 0.2) is 22.8 Å². The zero-order chi connectivity index (χ0) is 16.4. The van der Waals surface area contributed by atoms with E-state index in [1.165, 1.54) is 0 Å². The van der Waals surface area contributed by atoms with Crippen LogP contribution in [0.1, 0.15) is 25.5 Å². The van der Waals surface area contributed by atoms with Crippen molar-refractivity contribution in [3.8, 4) is 0 Å². The summed E-state index contributed by atoms with van der Waals surface area (Å²) in [5.41, 5.74) is 7.20. The minimum Gasteiger partial charge on any atom is -0.383 e. The standard InChI is InChI=1S/C15H18N6O2/c1-8-4-10(3-2-9(8)7-22)17-5-11-6-18-13-12(19-11)14(23)21-15(16)20-13/h3,6-9,17H,2,4-5H2,1H3,(H3,16,18,20,21,23). The van der Waals surface area contributed by atoms with Crippen molar-refractivity contribution in [1.29, 1.82) is 0 Å². The summed E-state index contributed by atoms with van der Waals surface area (Å²) in [5.74, 6) is 0.433. The summed E-state index contributed by atoms with van der Waals surface area (Å²) in [6.45, 7) is 2.52. The number of nitrogen functional groups attached to an aromatic ring is 1. The molecule has 120 valence electrons. The van der Waals surface area contributed by atoms with Crippen LogP contribution in [-0.4, -0.2) is 26.2 Å². The van der Waals surface area contributed by atoms with Crippen LogP contribution in [0, 0.1) is 11.8 Å². The molecule has 8 nitrogen and oxygen atoms in total. The van der Waals surface area contributed by atoms with Crippen molar-refractivity contribution < 1.29 is 4.79 Å². The van der Waals surface area contributed by atoms with Gasteiger partial charge in [0.05, 0.1) is 18.4 Å². The van der Waals surface area contributed by atoms with Crippen molar-refractivity contribution in [2.24, 2.45) is 11.8 Å². The first-order valence-electron chi connectivity index (χ1n) is 7.46. The Labute approximate surface area is 132 Å². The van der Waals surface area contributed by atoms with Gasteiger partial charge in [-0.2, -0.15) is 4.98 Å². The summed E-state index contributed by atoms with van der Waals surface area (Å²) in [4.78, 5) is 37.5. The van der Waals surface area contributed by atoms with Crippen molar-refractivity contribution in [2.45, 2.75) is 26.3 Å². The van der Waals surface area contributed by atoms with Crippen molar-refractivity contribution in [3.05, 3.63) is 34.0 Å². The average molecular weight is 314 g/mol. The van der Waals surface area contributed by atoms with Gasteiger partial charge in [0.1, 0.15) is 6.29 Å². The number of anilines is 1. The van der Waals surface area contributed by atoms with Crippen LogP contribution < -0.4 is 16.6 Å². The van der Waals surface area contributed by atoms with E-state index in [9.17, 15) is 9.59 Å². The Kier molecular flexibility index (Phi) is 4.05. The van der Waals surface area contributed by atoms with E-state index in [4.69, 9.17) is 5.73 Å². The maximum absolute atomic E-state index is 11.8. The van der Waals surface area contributed by atoms with Gasteiger partial charge in [0.2, 0.25) is 5.95 Å². The quantitative estimate of drug-likeness (QED) is 0.702. The topological polar surface area (TPSA) is 127 Å². The van der Waals surface area contributed by atoms with E-state index in [2.05, 4.69) is 32.2 Å². The molecule has 0 saturated carbocycles. The van der Waals surface area contributed by atoms with Crippen LogP contribution in [0.5, 0.6) is 0 Å². The summed E-state index contributed by atoms with van der Waals surface area (Å²) in [6.07, 6.45) is 6.21. The van der Waals surface area contributed by atoms with Gasteiger partial charge < -0.3 is 15.8 Å². The fourth-order valence-electron chi connectivity index (χ4n) is 2.69. The molecule has 4 N–H and O–H groups in total. The highest BCUT2D eigenvalue weighted by Crippen LogP contribution is 2.26.